The molecule has 0 aliphatic rings. The van der Waals surface area contributed by atoms with Gasteiger partial charge >= 0.3 is 12.1 Å². The van der Waals surface area contributed by atoms with Crippen LogP contribution < -0.4 is 25.3 Å². The van der Waals surface area contributed by atoms with Crippen molar-refractivity contribution in [1.29, 1.82) is 0 Å². The third-order valence-electron chi connectivity index (χ3n) is 6.92. The van der Waals surface area contributed by atoms with Crippen LogP contribution in [0, 0.1) is 20.8 Å². The van der Waals surface area contributed by atoms with E-state index in [0.717, 1.165) is 15.8 Å². The van der Waals surface area contributed by atoms with Gasteiger partial charge < -0.3 is 29.4 Å². The zero-order chi connectivity index (χ0) is 32.6. The first-order chi connectivity index (χ1) is 20.8. The van der Waals surface area contributed by atoms with Crippen LogP contribution in [0.15, 0.2) is 49.8 Å². The van der Waals surface area contributed by atoms with Gasteiger partial charge in [0.15, 0.2) is 0 Å². The summed E-state index contributed by atoms with van der Waals surface area (Å²) >= 11 is 10.3. The minimum absolute atomic E-state index is 0.0227. The number of amides is 1. The first kappa shape index (κ1) is 35.5. The lowest BCUT2D eigenvalue weighted by atomic mass is 10.0. The molecule has 0 bridgehead atoms. The number of nitrogens with one attached hydrogen (secondary N) is 1. The minimum atomic E-state index is -0.740. The molecule has 0 aliphatic heterocycles. The fourth-order valence-electron chi connectivity index (χ4n) is 4.40. The number of nitrogens with two attached hydrogens (primary N) is 1. The first-order valence-electron chi connectivity index (χ1n) is 13.8. The number of halogens is 3. The van der Waals surface area contributed by atoms with Crippen LogP contribution in [-0.4, -0.2) is 44.6 Å². The lowest BCUT2D eigenvalue weighted by Crippen LogP contribution is -2.31. The van der Waals surface area contributed by atoms with E-state index in [1.54, 1.807) is 38.3 Å². The number of carbonyl (C=O) groups excluding carboxylic acids is 2. The van der Waals surface area contributed by atoms with E-state index in [1.165, 1.54) is 0 Å². The molecular formula is C32H37Br3N2O7. The van der Waals surface area contributed by atoms with E-state index >= 15 is 0 Å². The van der Waals surface area contributed by atoms with E-state index in [-0.39, 0.29) is 13.2 Å². The van der Waals surface area contributed by atoms with Crippen LogP contribution in [0.4, 0.5) is 16.2 Å². The van der Waals surface area contributed by atoms with Crippen molar-refractivity contribution in [3.8, 4) is 17.2 Å². The monoisotopic (exact) mass is 798 g/mol. The molecule has 44 heavy (non-hydrogen) atoms. The molecule has 1 amide bonds. The Kier molecular flexibility index (Phi) is 12.8. The number of esters is 1. The summed E-state index contributed by atoms with van der Waals surface area (Å²) in [5.74, 6) is 1.36. The van der Waals surface area contributed by atoms with Gasteiger partial charge in [0.2, 0.25) is 0 Å². The zero-order valence-corrected chi connectivity index (χ0v) is 30.3. The van der Waals surface area contributed by atoms with Crippen molar-refractivity contribution in [3.05, 3.63) is 72.1 Å². The lowest BCUT2D eigenvalue weighted by molar-refractivity contribution is 0.0378. The van der Waals surface area contributed by atoms with Gasteiger partial charge in [0.25, 0.3) is 0 Å². The van der Waals surface area contributed by atoms with E-state index in [9.17, 15) is 9.59 Å². The van der Waals surface area contributed by atoms with Crippen molar-refractivity contribution in [2.75, 3.05) is 38.0 Å². The number of ether oxygens (including phenoxy) is 5. The standard InChI is InChI=1S/C32H37Br3N2O7/c1-18-24(40-6)11-8-21(33)27(18)30(38)43-17-16-42-26-13-10-23(35)29(20(26)3)37-31(39)44-32(4,5)14-7-15-41-25-12-9-22(34)28(36)19(25)2/h8-13H,7,14-17,36H2,1-6H3,(H,37,39). The van der Waals surface area contributed by atoms with Crippen molar-refractivity contribution in [2.24, 2.45) is 0 Å². The zero-order valence-electron chi connectivity index (χ0n) is 25.6. The number of hydrogen-bond acceptors (Lipinski definition) is 8. The van der Waals surface area contributed by atoms with Crippen molar-refractivity contribution < 1.29 is 33.3 Å². The van der Waals surface area contributed by atoms with Crippen LogP contribution in [0.3, 0.4) is 0 Å². The molecule has 0 unspecified atom stereocenters. The molecule has 3 aromatic rings. The third kappa shape index (κ3) is 9.28. The van der Waals surface area contributed by atoms with Gasteiger partial charge in [0, 0.05) is 30.1 Å². The SMILES string of the molecule is COc1ccc(Br)c(C(=O)OCCOc2ccc(Br)c(NC(=O)OC(C)(C)CCCOc3ccc(Br)c(N)c3C)c2C)c1C. The van der Waals surface area contributed by atoms with Crippen molar-refractivity contribution >= 4 is 71.2 Å². The highest BCUT2D eigenvalue weighted by molar-refractivity contribution is 9.11. The highest BCUT2D eigenvalue weighted by Gasteiger charge is 2.24. The van der Waals surface area contributed by atoms with Crippen LogP contribution in [0.25, 0.3) is 0 Å². The van der Waals surface area contributed by atoms with Crippen molar-refractivity contribution in [1.82, 2.24) is 0 Å². The molecule has 12 heteroatoms. The highest BCUT2D eigenvalue weighted by Crippen LogP contribution is 2.34. The van der Waals surface area contributed by atoms with E-state index in [0.29, 0.717) is 68.0 Å². The molecule has 238 valence electrons. The average molecular weight is 801 g/mol. The maximum absolute atomic E-state index is 12.9. The summed E-state index contributed by atoms with van der Waals surface area (Å²) in [6.45, 7) is 9.80. The molecule has 3 aromatic carbocycles. The van der Waals surface area contributed by atoms with Gasteiger partial charge in [-0.25, -0.2) is 9.59 Å². The molecule has 0 spiro atoms. The molecular weight excluding hydrogens is 764 g/mol. The molecule has 0 aromatic heterocycles. The Labute approximate surface area is 283 Å². The van der Waals surface area contributed by atoms with Gasteiger partial charge in [-0.15, -0.1) is 0 Å². The lowest BCUT2D eigenvalue weighted by Gasteiger charge is -2.26. The fraction of sp³-hybridized carbons (Fsp3) is 0.375. The third-order valence-corrected chi connectivity index (χ3v) is 8.93. The topological polar surface area (TPSA) is 118 Å². The predicted octanol–water partition coefficient (Wildman–Crippen LogP) is 8.91. The van der Waals surface area contributed by atoms with Gasteiger partial charge in [0.1, 0.15) is 36.1 Å². The second-order valence-corrected chi connectivity index (χ2v) is 13.2. The summed E-state index contributed by atoms with van der Waals surface area (Å²) in [5, 5.41) is 2.82. The number of methoxy groups -OCH3 is 1. The minimum Gasteiger partial charge on any atom is -0.496 e. The molecule has 0 heterocycles. The van der Waals surface area contributed by atoms with Crippen LogP contribution in [0.1, 0.15) is 53.7 Å². The quantitative estimate of drug-likeness (QED) is 0.100. The number of nitrogen functional groups attached to an aromatic ring is 1. The van der Waals surface area contributed by atoms with Crippen LogP contribution in [0.2, 0.25) is 0 Å². The number of anilines is 2. The summed E-state index contributed by atoms with van der Waals surface area (Å²) in [4.78, 5) is 25.6. The summed E-state index contributed by atoms with van der Waals surface area (Å²) in [6, 6.07) is 10.8. The second kappa shape index (κ2) is 15.9. The molecule has 0 saturated heterocycles. The molecule has 3 rings (SSSR count). The number of rotatable bonds is 13. The highest BCUT2D eigenvalue weighted by atomic mass is 79.9. The van der Waals surface area contributed by atoms with Gasteiger partial charge in [-0.2, -0.15) is 0 Å². The van der Waals surface area contributed by atoms with Crippen molar-refractivity contribution in [3.63, 3.8) is 0 Å². The Morgan fingerprint density at radius 2 is 1.39 bits per heavy atom. The van der Waals surface area contributed by atoms with Crippen molar-refractivity contribution in [2.45, 2.75) is 53.1 Å². The van der Waals surface area contributed by atoms with E-state index in [4.69, 9.17) is 29.4 Å². The number of carbonyl (C=O) groups is 2. The normalized spacial score (nSPS) is 11.1. The smallest absolute Gasteiger partial charge is 0.412 e. The Morgan fingerprint density at radius 1 is 0.795 bits per heavy atom. The Bertz CT molecular complexity index is 1510. The Hall–Kier alpha value is -2.96. The second-order valence-electron chi connectivity index (χ2n) is 10.6. The number of hydrogen-bond donors (Lipinski definition) is 2. The predicted molar refractivity (Wildman–Crippen MR) is 182 cm³/mol. The Morgan fingerprint density at radius 3 is 2.07 bits per heavy atom. The van der Waals surface area contributed by atoms with Gasteiger partial charge in [-0.05, 0) is 132 Å². The van der Waals surface area contributed by atoms with E-state index < -0.39 is 17.7 Å². The molecule has 0 aliphatic carbocycles. The van der Waals surface area contributed by atoms with E-state index in [2.05, 4.69) is 53.1 Å². The van der Waals surface area contributed by atoms with Gasteiger partial charge in [-0.1, -0.05) is 0 Å². The molecule has 0 atom stereocenters. The Balaban J connectivity index is 1.51. The average Bonchev–Trinajstić information content (AvgIpc) is 2.96. The molecule has 0 saturated carbocycles. The van der Waals surface area contributed by atoms with Gasteiger partial charge in [0.05, 0.1) is 30.7 Å². The summed E-state index contributed by atoms with van der Waals surface area (Å²) in [6.07, 6.45) is 0.654. The molecule has 9 nitrogen and oxygen atoms in total. The number of benzene rings is 3. The largest absolute Gasteiger partial charge is 0.496 e. The fourth-order valence-corrected chi connectivity index (χ4v) is 5.95. The van der Waals surface area contributed by atoms with Crippen LogP contribution in [-0.2, 0) is 9.47 Å². The molecule has 0 fully saturated rings. The maximum Gasteiger partial charge on any atom is 0.412 e. The van der Waals surface area contributed by atoms with Crippen LogP contribution in [0.5, 0.6) is 17.2 Å². The molecule has 0 radical (unpaired) electrons. The first-order valence-corrected chi connectivity index (χ1v) is 16.2. The van der Waals surface area contributed by atoms with E-state index in [1.807, 2.05) is 39.8 Å². The summed E-state index contributed by atoms with van der Waals surface area (Å²) in [7, 11) is 1.55. The summed E-state index contributed by atoms with van der Waals surface area (Å²) < 4.78 is 30.4. The van der Waals surface area contributed by atoms with Crippen LogP contribution >= 0.6 is 47.8 Å². The summed E-state index contributed by atoms with van der Waals surface area (Å²) in [5.41, 5.74) is 9.12. The molecule has 3 N–H and O–H groups in total. The van der Waals surface area contributed by atoms with Gasteiger partial charge in [-0.3, -0.25) is 5.32 Å². The maximum atomic E-state index is 12.9.